The van der Waals surface area contributed by atoms with Crippen LogP contribution in [-0.4, -0.2) is 16.5 Å². The van der Waals surface area contributed by atoms with Gasteiger partial charge in [-0.15, -0.1) is 0 Å². The maximum absolute atomic E-state index is 4.45. The van der Waals surface area contributed by atoms with Crippen LogP contribution in [0.15, 0.2) is 22.9 Å². The van der Waals surface area contributed by atoms with E-state index in [-0.39, 0.29) is 0 Å². The number of thiophene rings is 1. The zero-order chi connectivity index (χ0) is 10.7. The summed E-state index contributed by atoms with van der Waals surface area (Å²) >= 11 is 1.66. The van der Waals surface area contributed by atoms with Crippen molar-refractivity contribution in [2.45, 2.75) is 13.8 Å². The van der Waals surface area contributed by atoms with Gasteiger partial charge in [0, 0.05) is 29.2 Å². The van der Waals surface area contributed by atoms with Crippen molar-refractivity contribution in [2.24, 2.45) is 0 Å². The highest BCUT2D eigenvalue weighted by molar-refractivity contribution is 7.08. The van der Waals surface area contributed by atoms with Crippen LogP contribution in [0.4, 0.5) is 5.82 Å². The third-order valence-electron chi connectivity index (χ3n) is 1.99. The summed E-state index contributed by atoms with van der Waals surface area (Å²) in [6.45, 7) is 4.92. The molecule has 0 atom stereocenters. The zero-order valence-corrected chi connectivity index (χ0v) is 9.64. The minimum atomic E-state index is 0.798. The van der Waals surface area contributed by atoms with Crippen LogP contribution < -0.4 is 5.32 Å². The Labute approximate surface area is 93.2 Å². The fourth-order valence-electron chi connectivity index (χ4n) is 1.36. The molecule has 0 amide bonds. The molecule has 2 rings (SSSR count). The Kier molecular flexibility index (Phi) is 2.97. The van der Waals surface area contributed by atoms with Gasteiger partial charge in [0.05, 0.1) is 0 Å². The Hall–Kier alpha value is -1.42. The molecule has 0 aliphatic heterocycles. The molecule has 0 saturated carbocycles. The maximum atomic E-state index is 4.45. The first-order valence-corrected chi connectivity index (χ1v) is 5.86. The molecule has 0 bridgehead atoms. The lowest BCUT2D eigenvalue weighted by Crippen LogP contribution is -2.02. The van der Waals surface area contributed by atoms with Crippen molar-refractivity contribution < 1.29 is 0 Å². The van der Waals surface area contributed by atoms with Gasteiger partial charge in [0.15, 0.2) is 5.82 Å². The second-order valence-corrected chi connectivity index (χ2v) is 4.04. The summed E-state index contributed by atoms with van der Waals surface area (Å²) in [5.41, 5.74) is 2.07. The summed E-state index contributed by atoms with van der Waals surface area (Å²) < 4.78 is 0. The lowest BCUT2D eigenvalue weighted by atomic mass is 10.3. The fraction of sp³-hybridized carbons (Fsp3) is 0.273. The third kappa shape index (κ3) is 2.33. The number of nitrogens with zero attached hydrogens (tertiary/aromatic N) is 2. The number of hydrogen-bond acceptors (Lipinski definition) is 4. The zero-order valence-electron chi connectivity index (χ0n) is 8.82. The number of hydrogen-bond donors (Lipinski definition) is 1. The minimum Gasteiger partial charge on any atom is -0.370 e. The molecule has 3 nitrogen and oxygen atoms in total. The van der Waals surface area contributed by atoms with Crippen LogP contribution in [-0.2, 0) is 0 Å². The summed E-state index contributed by atoms with van der Waals surface area (Å²) in [5.74, 6) is 1.69. The van der Waals surface area contributed by atoms with E-state index < -0.39 is 0 Å². The predicted octanol–water partition coefficient (Wildman–Crippen LogP) is 2.95. The Bertz CT molecular complexity index is 437. The van der Waals surface area contributed by atoms with Gasteiger partial charge in [0.1, 0.15) is 5.82 Å². The first-order chi connectivity index (χ1) is 7.29. The van der Waals surface area contributed by atoms with Gasteiger partial charge in [-0.1, -0.05) is 0 Å². The van der Waals surface area contributed by atoms with Crippen LogP contribution in [0, 0.1) is 6.92 Å². The molecule has 0 spiro atoms. The monoisotopic (exact) mass is 219 g/mol. The van der Waals surface area contributed by atoms with Gasteiger partial charge in [-0.05, 0) is 25.3 Å². The van der Waals surface area contributed by atoms with Crippen molar-refractivity contribution in [3.8, 4) is 11.4 Å². The summed E-state index contributed by atoms with van der Waals surface area (Å²) in [6.07, 6.45) is 0. The summed E-state index contributed by atoms with van der Waals surface area (Å²) in [6, 6.07) is 3.99. The number of rotatable bonds is 3. The lowest BCUT2D eigenvalue weighted by molar-refractivity contribution is 1.08. The Morgan fingerprint density at radius 1 is 1.40 bits per heavy atom. The van der Waals surface area contributed by atoms with Crippen LogP contribution >= 0.6 is 11.3 Å². The molecule has 0 saturated heterocycles. The molecule has 15 heavy (non-hydrogen) atoms. The molecule has 4 heteroatoms. The van der Waals surface area contributed by atoms with E-state index in [0.717, 1.165) is 29.4 Å². The number of nitrogens with one attached hydrogen (secondary N) is 1. The first kappa shape index (κ1) is 10.1. The highest BCUT2D eigenvalue weighted by Gasteiger charge is 2.04. The highest BCUT2D eigenvalue weighted by Crippen LogP contribution is 2.20. The normalized spacial score (nSPS) is 10.3. The van der Waals surface area contributed by atoms with Crippen molar-refractivity contribution in [3.63, 3.8) is 0 Å². The molecule has 0 radical (unpaired) electrons. The summed E-state index contributed by atoms with van der Waals surface area (Å²) in [7, 11) is 0. The SMILES string of the molecule is CCNc1cc(C)nc(-c2ccsc2)n1. The molecule has 0 aliphatic rings. The van der Waals surface area contributed by atoms with Gasteiger partial charge in [-0.25, -0.2) is 9.97 Å². The minimum absolute atomic E-state index is 0.798. The molecule has 2 aromatic heterocycles. The first-order valence-electron chi connectivity index (χ1n) is 4.91. The quantitative estimate of drug-likeness (QED) is 0.862. The van der Waals surface area contributed by atoms with Crippen molar-refractivity contribution >= 4 is 17.2 Å². The fourth-order valence-corrected chi connectivity index (χ4v) is 2.00. The number of anilines is 1. The van der Waals surface area contributed by atoms with E-state index in [2.05, 4.69) is 27.6 Å². The third-order valence-corrected chi connectivity index (χ3v) is 2.67. The number of aryl methyl sites for hydroxylation is 1. The van der Waals surface area contributed by atoms with Gasteiger partial charge >= 0.3 is 0 Å². The van der Waals surface area contributed by atoms with Crippen molar-refractivity contribution in [1.82, 2.24) is 9.97 Å². The maximum Gasteiger partial charge on any atom is 0.162 e. The lowest BCUT2D eigenvalue weighted by Gasteiger charge is -2.05. The molecule has 0 aliphatic carbocycles. The van der Waals surface area contributed by atoms with E-state index in [9.17, 15) is 0 Å². The van der Waals surface area contributed by atoms with Crippen LogP contribution in [0.5, 0.6) is 0 Å². The van der Waals surface area contributed by atoms with E-state index in [4.69, 9.17) is 0 Å². The Morgan fingerprint density at radius 3 is 2.93 bits per heavy atom. The van der Waals surface area contributed by atoms with Gasteiger partial charge in [0.2, 0.25) is 0 Å². The van der Waals surface area contributed by atoms with Crippen molar-refractivity contribution in [3.05, 3.63) is 28.6 Å². The van der Waals surface area contributed by atoms with Crippen LogP contribution in [0.2, 0.25) is 0 Å². The van der Waals surface area contributed by atoms with E-state index in [1.807, 2.05) is 24.4 Å². The van der Waals surface area contributed by atoms with Gasteiger partial charge in [-0.2, -0.15) is 11.3 Å². The standard InChI is InChI=1S/C11H13N3S/c1-3-12-10-6-8(2)13-11(14-10)9-4-5-15-7-9/h4-7H,3H2,1-2H3,(H,12,13,14). The second kappa shape index (κ2) is 4.40. The van der Waals surface area contributed by atoms with Gasteiger partial charge < -0.3 is 5.32 Å². The molecule has 0 unspecified atom stereocenters. The van der Waals surface area contributed by atoms with Gasteiger partial charge in [0.25, 0.3) is 0 Å². The second-order valence-electron chi connectivity index (χ2n) is 3.26. The van der Waals surface area contributed by atoms with Crippen LogP contribution in [0.1, 0.15) is 12.6 Å². The molecule has 2 aromatic rings. The molecule has 1 N–H and O–H groups in total. The van der Waals surface area contributed by atoms with E-state index in [1.165, 1.54) is 0 Å². The molecule has 0 fully saturated rings. The average Bonchev–Trinajstić information content (AvgIpc) is 2.70. The summed E-state index contributed by atoms with van der Waals surface area (Å²) in [5, 5.41) is 7.30. The number of aromatic nitrogens is 2. The van der Waals surface area contributed by atoms with E-state index in [1.54, 1.807) is 11.3 Å². The van der Waals surface area contributed by atoms with Crippen LogP contribution in [0.3, 0.4) is 0 Å². The molecular formula is C11H13N3S. The van der Waals surface area contributed by atoms with Crippen molar-refractivity contribution in [1.29, 1.82) is 0 Å². The van der Waals surface area contributed by atoms with E-state index >= 15 is 0 Å². The van der Waals surface area contributed by atoms with E-state index in [0.29, 0.717) is 0 Å². The Morgan fingerprint density at radius 2 is 2.27 bits per heavy atom. The highest BCUT2D eigenvalue weighted by atomic mass is 32.1. The largest absolute Gasteiger partial charge is 0.370 e. The van der Waals surface area contributed by atoms with Crippen LogP contribution in [0.25, 0.3) is 11.4 Å². The van der Waals surface area contributed by atoms with Crippen molar-refractivity contribution in [2.75, 3.05) is 11.9 Å². The topological polar surface area (TPSA) is 37.8 Å². The molecule has 2 heterocycles. The molecule has 0 aromatic carbocycles. The smallest absolute Gasteiger partial charge is 0.162 e. The average molecular weight is 219 g/mol. The molecule has 78 valence electrons. The summed E-state index contributed by atoms with van der Waals surface area (Å²) in [4.78, 5) is 8.86. The predicted molar refractivity (Wildman–Crippen MR) is 64.2 cm³/mol. The Balaban J connectivity index is 2.40. The molecular weight excluding hydrogens is 206 g/mol. The van der Waals surface area contributed by atoms with Gasteiger partial charge in [-0.3, -0.25) is 0 Å².